The van der Waals surface area contributed by atoms with Crippen molar-refractivity contribution in [3.8, 4) is 0 Å². The van der Waals surface area contributed by atoms with Gasteiger partial charge in [0.1, 0.15) is 10.1 Å². The van der Waals surface area contributed by atoms with Crippen molar-refractivity contribution in [2.24, 2.45) is 0 Å². The summed E-state index contributed by atoms with van der Waals surface area (Å²) in [5.74, 6) is 0. The third kappa shape index (κ3) is 1.93. The van der Waals surface area contributed by atoms with Gasteiger partial charge in [0.05, 0.1) is 4.90 Å². The van der Waals surface area contributed by atoms with Crippen LogP contribution in [-0.2, 0) is 10.1 Å². The topological polar surface area (TPSA) is 90.1 Å². The van der Waals surface area contributed by atoms with Crippen LogP contribution in [0, 0.1) is 20.8 Å². The Bertz CT molecular complexity index is 803. The monoisotopic (exact) mass is 266 g/mol. The molecule has 1 N–H and O–H groups in total. The van der Waals surface area contributed by atoms with E-state index in [4.69, 9.17) is 0 Å². The van der Waals surface area contributed by atoms with Crippen molar-refractivity contribution in [1.29, 1.82) is 0 Å². The van der Waals surface area contributed by atoms with Crippen LogP contribution in [0.4, 0.5) is 0 Å². The molecule has 0 saturated heterocycles. The summed E-state index contributed by atoms with van der Waals surface area (Å²) < 4.78 is 33.8. The zero-order chi connectivity index (χ0) is 13.7. The van der Waals surface area contributed by atoms with Crippen LogP contribution in [0.5, 0.6) is 0 Å². The lowest BCUT2D eigenvalue weighted by Gasteiger charge is -2.16. The lowest BCUT2D eigenvalue weighted by molar-refractivity contribution is 0.462. The third-order valence-electron chi connectivity index (χ3n) is 2.95. The fourth-order valence-electron chi connectivity index (χ4n) is 2.39. The van der Waals surface area contributed by atoms with Crippen molar-refractivity contribution < 1.29 is 13.0 Å². The van der Waals surface area contributed by atoms with E-state index in [1.54, 1.807) is 13.8 Å². The van der Waals surface area contributed by atoms with E-state index in [-0.39, 0.29) is 10.5 Å². The SMILES string of the molecule is Cc1cc2[nH]c(=O)cc(C)c2c(C)c1S(=O)(=O)[O-]. The van der Waals surface area contributed by atoms with Crippen LogP contribution < -0.4 is 5.56 Å². The number of rotatable bonds is 1. The van der Waals surface area contributed by atoms with Crippen LogP contribution in [0.15, 0.2) is 21.8 Å². The Morgan fingerprint density at radius 2 is 1.72 bits per heavy atom. The van der Waals surface area contributed by atoms with Gasteiger partial charge in [0.2, 0.25) is 5.56 Å². The van der Waals surface area contributed by atoms with Gasteiger partial charge in [-0.2, -0.15) is 0 Å². The van der Waals surface area contributed by atoms with Crippen LogP contribution >= 0.6 is 0 Å². The van der Waals surface area contributed by atoms with Gasteiger partial charge in [-0.15, -0.1) is 0 Å². The summed E-state index contributed by atoms with van der Waals surface area (Å²) in [6, 6.07) is 2.90. The Kier molecular flexibility index (Phi) is 2.79. The molecule has 0 aliphatic rings. The van der Waals surface area contributed by atoms with Crippen LogP contribution in [0.2, 0.25) is 0 Å². The average molecular weight is 266 g/mol. The first-order chi connectivity index (χ1) is 8.21. The molecule has 96 valence electrons. The van der Waals surface area contributed by atoms with E-state index in [0.29, 0.717) is 27.6 Å². The minimum absolute atomic E-state index is 0.204. The minimum Gasteiger partial charge on any atom is -0.744 e. The highest BCUT2D eigenvalue weighted by atomic mass is 32.2. The molecule has 0 aliphatic heterocycles. The molecule has 1 aromatic heterocycles. The molecule has 0 aliphatic carbocycles. The summed E-state index contributed by atoms with van der Waals surface area (Å²) in [5.41, 5.74) is 1.67. The van der Waals surface area contributed by atoms with Gasteiger partial charge in [0, 0.05) is 17.0 Å². The summed E-state index contributed by atoms with van der Waals surface area (Å²) in [6.07, 6.45) is 0. The Hall–Kier alpha value is -1.66. The van der Waals surface area contributed by atoms with Gasteiger partial charge in [0.15, 0.2) is 0 Å². The molecular formula is C12H12NO4S-. The molecule has 2 rings (SSSR count). The fraction of sp³-hybridized carbons (Fsp3) is 0.250. The summed E-state index contributed by atoms with van der Waals surface area (Å²) in [6.45, 7) is 4.82. The standard InChI is InChI=1S/C12H13NO4S/c1-6-5-10(14)13-9-4-7(2)12(18(15,16)17)8(3)11(6)9/h4-5H,1-3H3,(H,13,14)(H,15,16,17)/p-1. The molecule has 0 bridgehead atoms. The number of aryl methyl sites for hydroxylation is 3. The minimum atomic E-state index is -4.52. The number of hydrogen-bond acceptors (Lipinski definition) is 4. The van der Waals surface area contributed by atoms with Gasteiger partial charge >= 0.3 is 0 Å². The molecule has 0 unspecified atom stereocenters. The number of H-pyrrole nitrogens is 1. The molecule has 0 atom stereocenters. The molecule has 1 aromatic carbocycles. The van der Waals surface area contributed by atoms with Gasteiger partial charge in [-0.05, 0) is 43.5 Å². The van der Waals surface area contributed by atoms with Gasteiger partial charge in [-0.25, -0.2) is 8.42 Å². The first-order valence-electron chi connectivity index (χ1n) is 5.31. The Balaban J connectivity index is 3.09. The van der Waals surface area contributed by atoms with E-state index >= 15 is 0 Å². The number of nitrogens with one attached hydrogen (secondary N) is 1. The number of fused-ring (bicyclic) bond motifs is 1. The molecule has 0 amide bonds. The first-order valence-corrected chi connectivity index (χ1v) is 6.72. The van der Waals surface area contributed by atoms with Crippen LogP contribution in [0.1, 0.15) is 16.7 Å². The molecule has 18 heavy (non-hydrogen) atoms. The van der Waals surface area contributed by atoms with E-state index in [0.717, 1.165) is 0 Å². The van der Waals surface area contributed by atoms with E-state index in [9.17, 15) is 17.8 Å². The van der Waals surface area contributed by atoms with Crippen molar-refractivity contribution in [2.75, 3.05) is 0 Å². The first kappa shape index (κ1) is 12.8. The van der Waals surface area contributed by atoms with Gasteiger partial charge < -0.3 is 9.54 Å². The zero-order valence-electron chi connectivity index (χ0n) is 10.2. The molecule has 0 saturated carbocycles. The second-order valence-electron chi connectivity index (χ2n) is 4.34. The summed E-state index contributed by atoms with van der Waals surface area (Å²) in [7, 11) is -4.52. The number of hydrogen-bond donors (Lipinski definition) is 1. The zero-order valence-corrected chi connectivity index (χ0v) is 11.0. The Morgan fingerprint density at radius 3 is 2.28 bits per heavy atom. The van der Waals surface area contributed by atoms with E-state index < -0.39 is 10.1 Å². The Morgan fingerprint density at radius 1 is 1.11 bits per heavy atom. The average Bonchev–Trinajstić information content (AvgIpc) is 2.11. The fourth-order valence-corrected chi connectivity index (χ4v) is 3.32. The van der Waals surface area contributed by atoms with Crippen molar-refractivity contribution in [2.45, 2.75) is 25.7 Å². The highest BCUT2D eigenvalue weighted by Crippen LogP contribution is 2.28. The second kappa shape index (κ2) is 3.93. The molecule has 0 spiro atoms. The number of pyridine rings is 1. The normalized spacial score (nSPS) is 12.0. The third-order valence-corrected chi connectivity index (χ3v) is 4.08. The lowest BCUT2D eigenvalue weighted by Crippen LogP contribution is -2.09. The van der Waals surface area contributed by atoms with E-state index in [2.05, 4.69) is 4.98 Å². The van der Waals surface area contributed by atoms with Crippen molar-refractivity contribution in [1.82, 2.24) is 4.98 Å². The van der Waals surface area contributed by atoms with Gasteiger partial charge in [0.25, 0.3) is 0 Å². The summed E-state index contributed by atoms with van der Waals surface area (Å²) >= 11 is 0. The molecule has 6 heteroatoms. The largest absolute Gasteiger partial charge is 0.744 e. The molecule has 5 nitrogen and oxygen atoms in total. The highest BCUT2D eigenvalue weighted by Gasteiger charge is 2.15. The Labute approximate surface area is 104 Å². The smallest absolute Gasteiger partial charge is 0.248 e. The van der Waals surface area contributed by atoms with E-state index in [1.165, 1.54) is 19.1 Å². The predicted molar refractivity (Wildman–Crippen MR) is 66.7 cm³/mol. The number of benzene rings is 1. The van der Waals surface area contributed by atoms with Gasteiger partial charge in [-0.3, -0.25) is 4.79 Å². The molecule has 0 radical (unpaired) electrons. The number of aromatic nitrogens is 1. The maximum absolute atomic E-state index is 11.4. The quantitative estimate of drug-likeness (QED) is 0.789. The summed E-state index contributed by atoms with van der Waals surface area (Å²) in [4.78, 5) is 13.8. The maximum atomic E-state index is 11.4. The van der Waals surface area contributed by atoms with Crippen LogP contribution in [0.25, 0.3) is 10.9 Å². The highest BCUT2D eigenvalue weighted by molar-refractivity contribution is 7.85. The second-order valence-corrected chi connectivity index (χ2v) is 5.66. The maximum Gasteiger partial charge on any atom is 0.248 e. The van der Waals surface area contributed by atoms with E-state index in [1.807, 2.05) is 0 Å². The number of aromatic amines is 1. The predicted octanol–water partition coefficient (Wildman–Crippen LogP) is 1.36. The lowest BCUT2D eigenvalue weighted by atomic mass is 10.0. The molecular weight excluding hydrogens is 254 g/mol. The molecule has 1 heterocycles. The van der Waals surface area contributed by atoms with Crippen molar-refractivity contribution >= 4 is 21.0 Å². The van der Waals surface area contributed by atoms with Crippen molar-refractivity contribution in [3.63, 3.8) is 0 Å². The summed E-state index contributed by atoms with van der Waals surface area (Å²) in [5, 5.41) is 0.606. The van der Waals surface area contributed by atoms with Crippen molar-refractivity contribution in [3.05, 3.63) is 39.2 Å². The van der Waals surface area contributed by atoms with Crippen LogP contribution in [0.3, 0.4) is 0 Å². The molecule has 0 fully saturated rings. The molecule has 2 aromatic rings. The van der Waals surface area contributed by atoms with Crippen LogP contribution in [-0.4, -0.2) is 18.0 Å². The van der Waals surface area contributed by atoms with Gasteiger partial charge in [-0.1, -0.05) is 0 Å².